The fraction of sp³-hybridized carbons (Fsp3) is 0.263. The van der Waals surface area contributed by atoms with Crippen molar-refractivity contribution in [1.82, 2.24) is 14.8 Å². The molecule has 1 aromatic carbocycles. The quantitative estimate of drug-likeness (QED) is 0.730. The van der Waals surface area contributed by atoms with Crippen LogP contribution in [0, 0.1) is 13.8 Å². The summed E-state index contributed by atoms with van der Waals surface area (Å²) in [7, 11) is 1.80. The highest BCUT2D eigenvalue weighted by Crippen LogP contribution is 2.19. The molecule has 26 heavy (non-hydrogen) atoms. The highest BCUT2D eigenvalue weighted by molar-refractivity contribution is 5.98. The Morgan fingerprint density at radius 1 is 1.15 bits per heavy atom. The molecule has 0 unspecified atom stereocenters. The highest BCUT2D eigenvalue weighted by Gasteiger charge is 2.22. The molecule has 2 aromatic heterocycles. The Kier molecular flexibility index (Phi) is 4.71. The van der Waals surface area contributed by atoms with E-state index in [0.29, 0.717) is 16.9 Å². The number of aromatic nitrogens is 3. The Hall–Kier alpha value is -3.22. The van der Waals surface area contributed by atoms with Gasteiger partial charge in [-0.25, -0.2) is 9.78 Å². The van der Waals surface area contributed by atoms with Gasteiger partial charge in [-0.1, -0.05) is 24.3 Å². The summed E-state index contributed by atoms with van der Waals surface area (Å²) in [5.74, 6) is -1.06. The second-order valence-corrected chi connectivity index (χ2v) is 6.10. The van der Waals surface area contributed by atoms with E-state index in [0.717, 1.165) is 11.1 Å². The smallest absolute Gasteiger partial charge is 0.357 e. The number of nitrogens with zero attached hydrogens (tertiary/aromatic N) is 3. The lowest BCUT2D eigenvalue weighted by atomic mass is 10.2. The number of carbonyl (C=O) groups is 2. The van der Waals surface area contributed by atoms with Crippen LogP contribution in [0.4, 0.5) is 5.69 Å². The van der Waals surface area contributed by atoms with E-state index in [1.807, 2.05) is 31.2 Å². The number of hydrogen-bond acceptors (Lipinski definition) is 5. The Balaban J connectivity index is 1.70. The lowest BCUT2D eigenvalue weighted by Gasteiger charge is -2.13. The number of pyridine rings is 1. The fourth-order valence-electron chi connectivity index (χ4n) is 2.63. The van der Waals surface area contributed by atoms with Crippen molar-refractivity contribution in [1.29, 1.82) is 0 Å². The highest BCUT2D eigenvalue weighted by atomic mass is 16.5. The van der Waals surface area contributed by atoms with Crippen LogP contribution in [-0.4, -0.2) is 32.7 Å². The van der Waals surface area contributed by atoms with Crippen molar-refractivity contribution in [2.24, 2.45) is 7.05 Å². The number of rotatable bonds is 4. The molecule has 0 bridgehead atoms. The first kappa shape index (κ1) is 17.6. The molecule has 0 radical (unpaired) electrons. The second kappa shape index (κ2) is 6.95. The Labute approximate surface area is 151 Å². The van der Waals surface area contributed by atoms with Crippen LogP contribution in [0.2, 0.25) is 0 Å². The average Bonchev–Trinajstić information content (AvgIpc) is 2.87. The van der Waals surface area contributed by atoms with Gasteiger partial charge in [-0.3, -0.25) is 9.48 Å². The van der Waals surface area contributed by atoms with Gasteiger partial charge in [-0.05, 0) is 32.9 Å². The van der Waals surface area contributed by atoms with Crippen LogP contribution in [0.1, 0.15) is 28.8 Å². The maximum absolute atomic E-state index is 12.4. The van der Waals surface area contributed by atoms with Gasteiger partial charge in [0.2, 0.25) is 0 Å². The minimum Gasteiger partial charge on any atom is -0.448 e. The van der Waals surface area contributed by atoms with E-state index < -0.39 is 18.0 Å². The molecule has 7 heteroatoms. The van der Waals surface area contributed by atoms with Gasteiger partial charge in [0.15, 0.2) is 6.10 Å². The number of amides is 1. The normalized spacial score (nSPS) is 12.0. The molecule has 1 N–H and O–H groups in total. The molecule has 134 valence electrons. The lowest BCUT2D eigenvalue weighted by Crippen LogP contribution is -2.30. The number of anilines is 1. The van der Waals surface area contributed by atoms with E-state index in [1.54, 1.807) is 30.8 Å². The average molecular weight is 352 g/mol. The molecule has 7 nitrogen and oxygen atoms in total. The zero-order valence-corrected chi connectivity index (χ0v) is 15.1. The van der Waals surface area contributed by atoms with Crippen molar-refractivity contribution in [2.45, 2.75) is 26.9 Å². The van der Waals surface area contributed by atoms with Crippen LogP contribution in [-0.2, 0) is 16.6 Å². The third-order valence-corrected chi connectivity index (χ3v) is 4.22. The SMILES string of the molecule is Cc1nn(C)c(C)c1NC(=O)[C@H](C)OC(=O)c1ccc2ccccc2n1. The van der Waals surface area contributed by atoms with Gasteiger partial charge < -0.3 is 10.1 Å². The van der Waals surface area contributed by atoms with Crippen LogP contribution >= 0.6 is 0 Å². The van der Waals surface area contributed by atoms with Gasteiger partial charge in [-0.2, -0.15) is 5.10 Å². The number of hydrogen-bond donors (Lipinski definition) is 1. The number of benzene rings is 1. The number of aryl methyl sites for hydroxylation is 2. The van der Waals surface area contributed by atoms with Gasteiger partial charge in [0, 0.05) is 12.4 Å². The fourth-order valence-corrected chi connectivity index (χ4v) is 2.63. The predicted molar refractivity (Wildman–Crippen MR) is 97.9 cm³/mol. The van der Waals surface area contributed by atoms with E-state index in [2.05, 4.69) is 15.4 Å². The summed E-state index contributed by atoms with van der Waals surface area (Å²) in [4.78, 5) is 29.0. The second-order valence-electron chi connectivity index (χ2n) is 6.10. The maximum atomic E-state index is 12.4. The first-order valence-electron chi connectivity index (χ1n) is 8.24. The van der Waals surface area contributed by atoms with Crippen molar-refractivity contribution in [3.63, 3.8) is 0 Å². The molecule has 0 aliphatic carbocycles. The minimum absolute atomic E-state index is 0.164. The van der Waals surface area contributed by atoms with Gasteiger partial charge in [0.1, 0.15) is 5.69 Å². The molecule has 0 saturated carbocycles. The first-order valence-corrected chi connectivity index (χ1v) is 8.24. The van der Waals surface area contributed by atoms with Crippen molar-refractivity contribution in [3.05, 3.63) is 53.5 Å². The third-order valence-electron chi connectivity index (χ3n) is 4.22. The predicted octanol–water partition coefficient (Wildman–Crippen LogP) is 2.77. The standard InChI is InChI=1S/C19H20N4O3/c1-11-17(12(2)23(4)22-11)21-18(24)13(3)26-19(25)16-10-9-14-7-5-6-8-15(14)20-16/h5-10,13H,1-4H3,(H,21,24)/t13-/m0/s1. The summed E-state index contributed by atoms with van der Waals surface area (Å²) >= 11 is 0. The molecule has 1 atom stereocenters. The van der Waals surface area contributed by atoms with E-state index in [1.165, 1.54) is 6.92 Å². The summed E-state index contributed by atoms with van der Waals surface area (Å²) < 4.78 is 6.95. The van der Waals surface area contributed by atoms with E-state index >= 15 is 0 Å². The van der Waals surface area contributed by atoms with Crippen molar-refractivity contribution >= 4 is 28.5 Å². The number of fused-ring (bicyclic) bond motifs is 1. The Morgan fingerprint density at radius 2 is 1.88 bits per heavy atom. The zero-order chi connectivity index (χ0) is 18.8. The number of ether oxygens (including phenoxy) is 1. The summed E-state index contributed by atoms with van der Waals surface area (Å²) in [5.41, 5.74) is 3.01. The van der Waals surface area contributed by atoms with Crippen LogP contribution in [0.15, 0.2) is 36.4 Å². The molecular weight excluding hydrogens is 332 g/mol. The summed E-state index contributed by atoms with van der Waals surface area (Å²) in [6.07, 6.45) is -0.963. The summed E-state index contributed by atoms with van der Waals surface area (Å²) in [6.45, 7) is 5.18. The number of nitrogens with one attached hydrogen (secondary N) is 1. The van der Waals surface area contributed by atoms with E-state index in [4.69, 9.17) is 4.74 Å². The van der Waals surface area contributed by atoms with Crippen LogP contribution in [0.5, 0.6) is 0 Å². The molecule has 0 spiro atoms. The van der Waals surface area contributed by atoms with E-state index in [9.17, 15) is 9.59 Å². The molecule has 0 aliphatic heterocycles. The molecule has 0 aliphatic rings. The number of para-hydroxylation sites is 1. The minimum atomic E-state index is -0.963. The molecule has 3 rings (SSSR count). The van der Waals surface area contributed by atoms with Crippen molar-refractivity contribution in [2.75, 3.05) is 5.32 Å². The topological polar surface area (TPSA) is 86.1 Å². The zero-order valence-electron chi connectivity index (χ0n) is 15.1. The third kappa shape index (κ3) is 3.42. The van der Waals surface area contributed by atoms with Crippen molar-refractivity contribution in [3.8, 4) is 0 Å². The van der Waals surface area contributed by atoms with Crippen LogP contribution in [0.25, 0.3) is 10.9 Å². The van der Waals surface area contributed by atoms with Gasteiger partial charge in [-0.15, -0.1) is 0 Å². The molecule has 0 saturated heterocycles. The molecule has 2 heterocycles. The lowest BCUT2D eigenvalue weighted by molar-refractivity contribution is -0.123. The Bertz CT molecular complexity index is 994. The van der Waals surface area contributed by atoms with Crippen LogP contribution < -0.4 is 5.32 Å². The van der Waals surface area contributed by atoms with Gasteiger partial charge >= 0.3 is 5.97 Å². The van der Waals surface area contributed by atoms with Gasteiger partial charge in [0.25, 0.3) is 5.91 Å². The van der Waals surface area contributed by atoms with Crippen molar-refractivity contribution < 1.29 is 14.3 Å². The summed E-state index contributed by atoms with van der Waals surface area (Å²) in [6, 6.07) is 10.9. The Morgan fingerprint density at radius 3 is 2.58 bits per heavy atom. The molecule has 0 fully saturated rings. The summed E-state index contributed by atoms with van der Waals surface area (Å²) in [5, 5.41) is 7.94. The molecule has 1 amide bonds. The molecular formula is C19H20N4O3. The largest absolute Gasteiger partial charge is 0.448 e. The van der Waals surface area contributed by atoms with E-state index in [-0.39, 0.29) is 5.69 Å². The number of carbonyl (C=O) groups excluding carboxylic acids is 2. The van der Waals surface area contributed by atoms with Crippen LogP contribution in [0.3, 0.4) is 0 Å². The first-order chi connectivity index (χ1) is 12.4. The maximum Gasteiger partial charge on any atom is 0.357 e. The molecule has 3 aromatic rings. The van der Waals surface area contributed by atoms with Gasteiger partial charge in [0.05, 0.1) is 22.6 Å². The monoisotopic (exact) mass is 352 g/mol. The number of esters is 1.